The number of allylic oxidation sites excluding steroid dienone is 2. The van der Waals surface area contributed by atoms with E-state index >= 15 is 0 Å². The maximum Gasteiger partial charge on any atom is 0.274 e. The van der Waals surface area contributed by atoms with Gasteiger partial charge in [0.25, 0.3) is 5.56 Å². The normalized spacial score (nSPS) is 14.7. The molecule has 0 N–H and O–H groups in total. The van der Waals surface area contributed by atoms with Crippen molar-refractivity contribution in [2.24, 2.45) is 0 Å². The summed E-state index contributed by atoms with van der Waals surface area (Å²) in [6, 6.07) is 14.6. The predicted octanol–water partition coefficient (Wildman–Crippen LogP) is 5.25. The molecule has 4 rings (SSSR count). The topological polar surface area (TPSA) is 34.9 Å². The van der Waals surface area contributed by atoms with Crippen molar-refractivity contribution in [2.45, 2.75) is 52.5 Å². The van der Waals surface area contributed by atoms with Crippen molar-refractivity contribution in [1.82, 2.24) is 9.78 Å². The van der Waals surface area contributed by atoms with Crippen LogP contribution in [0.5, 0.6) is 0 Å². The first-order chi connectivity index (χ1) is 13.1. The fourth-order valence-electron chi connectivity index (χ4n) is 4.12. The molecule has 138 valence electrons. The Hall–Kier alpha value is -2.68. The largest absolute Gasteiger partial charge is 0.274 e. The monoisotopic (exact) mass is 358 g/mol. The summed E-state index contributed by atoms with van der Waals surface area (Å²) >= 11 is 0. The predicted molar refractivity (Wildman–Crippen MR) is 112 cm³/mol. The average Bonchev–Trinajstić information content (AvgIpc) is 2.70. The third-order valence-corrected chi connectivity index (χ3v) is 5.76. The van der Waals surface area contributed by atoms with Gasteiger partial charge < -0.3 is 0 Å². The highest BCUT2D eigenvalue weighted by atomic mass is 16.1. The molecule has 1 atom stereocenters. The Bertz CT molecular complexity index is 1090. The molecule has 3 nitrogen and oxygen atoms in total. The fraction of sp³-hybridized carbons (Fsp3) is 0.333. The van der Waals surface area contributed by atoms with Crippen LogP contribution in [0.2, 0.25) is 0 Å². The van der Waals surface area contributed by atoms with Gasteiger partial charge >= 0.3 is 0 Å². The minimum absolute atomic E-state index is 0.0119. The molecule has 0 aliphatic heterocycles. The second-order valence-corrected chi connectivity index (χ2v) is 7.55. The Kier molecular flexibility index (Phi) is 4.69. The van der Waals surface area contributed by atoms with Crippen LogP contribution >= 0.6 is 0 Å². The number of fused-ring (bicyclic) bond motifs is 2. The summed E-state index contributed by atoms with van der Waals surface area (Å²) in [6.07, 6.45) is 6.16. The lowest BCUT2D eigenvalue weighted by atomic mass is 9.85. The van der Waals surface area contributed by atoms with E-state index in [9.17, 15) is 4.79 Å². The summed E-state index contributed by atoms with van der Waals surface area (Å²) in [4.78, 5) is 12.9. The minimum atomic E-state index is 0.0119. The van der Waals surface area contributed by atoms with E-state index in [0.29, 0.717) is 0 Å². The molecular weight excluding hydrogens is 332 g/mol. The summed E-state index contributed by atoms with van der Waals surface area (Å²) in [6.45, 7) is 6.34. The van der Waals surface area contributed by atoms with Crippen LogP contribution in [0, 0.1) is 6.92 Å². The highest BCUT2D eigenvalue weighted by molar-refractivity contribution is 5.86. The molecule has 0 spiro atoms. The van der Waals surface area contributed by atoms with Crippen LogP contribution in [0.3, 0.4) is 0 Å². The van der Waals surface area contributed by atoms with Gasteiger partial charge in [-0.3, -0.25) is 4.79 Å². The van der Waals surface area contributed by atoms with Crippen LogP contribution in [0.25, 0.3) is 16.3 Å². The molecule has 1 aliphatic carbocycles. The van der Waals surface area contributed by atoms with Crippen LogP contribution in [0.1, 0.15) is 55.1 Å². The number of aromatic nitrogens is 2. The number of nitrogens with zero attached hydrogens (tertiary/aromatic N) is 2. The summed E-state index contributed by atoms with van der Waals surface area (Å²) < 4.78 is 1.68. The second kappa shape index (κ2) is 7.15. The van der Waals surface area contributed by atoms with Crippen molar-refractivity contribution >= 4 is 16.3 Å². The van der Waals surface area contributed by atoms with Gasteiger partial charge in [0.05, 0.1) is 17.1 Å². The Morgan fingerprint density at radius 3 is 2.67 bits per heavy atom. The second-order valence-electron chi connectivity index (χ2n) is 7.55. The summed E-state index contributed by atoms with van der Waals surface area (Å²) in [5.74, 6) is 0. The zero-order valence-corrected chi connectivity index (χ0v) is 16.3. The van der Waals surface area contributed by atoms with E-state index in [-0.39, 0.29) is 11.6 Å². The Morgan fingerprint density at radius 2 is 1.89 bits per heavy atom. The zero-order valence-electron chi connectivity index (χ0n) is 16.3. The third kappa shape index (κ3) is 3.12. The first kappa shape index (κ1) is 17.7. The molecule has 1 aromatic heterocycles. The first-order valence-electron chi connectivity index (χ1n) is 9.88. The minimum Gasteiger partial charge on any atom is -0.267 e. The molecule has 3 aromatic rings. The molecule has 0 saturated heterocycles. The number of hydrogen-bond acceptors (Lipinski definition) is 2. The fourth-order valence-corrected chi connectivity index (χ4v) is 4.12. The van der Waals surface area contributed by atoms with E-state index in [1.807, 2.05) is 24.3 Å². The molecule has 0 radical (unpaired) electrons. The van der Waals surface area contributed by atoms with Gasteiger partial charge in [-0.25, -0.2) is 4.68 Å². The van der Waals surface area contributed by atoms with Gasteiger partial charge in [-0.1, -0.05) is 49.4 Å². The Morgan fingerprint density at radius 1 is 1.11 bits per heavy atom. The summed E-state index contributed by atoms with van der Waals surface area (Å²) in [5.41, 5.74) is 6.45. The maximum absolute atomic E-state index is 12.9. The number of rotatable bonds is 4. The van der Waals surface area contributed by atoms with E-state index < -0.39 is 0 Å². The van der Waals surface area contributed by atoms with E-state index in [4.69, 9.17) is 5.10 Å². The molecule has 0 saturated carbocycles. The molecule has 2 aromatic carbocycles. The van der Waals surface area contributed by atoms with E-state index in [2.05, 4.69) is 45.0 Å². The van der Waals surface area contributed by atoms with Gasteiger partial charge in [-0.15, -0.1) is 0 Å². The lowest BCUT2D eigenvalue weighted by Gasteiger charge is -2.21. The first-order valence-corrected chi connectivity index (χ1v) is 9.88. The molecule has 0 amide bonds. The Balaban J connectivity index is 1.87. The van der Waals surface area contributed by atoms with Gasteiger partial charge in [-0.05, 0) is 61.4 Å². The van der Waals surface area contributed by atoms with Crippen molar-refractivity contribution in [1.29, 1.82) is 0 Å². The van der Waals surface area contributed by atoms with Crippen LogP contribution in [-0.4, -0.2) is 9.78 Å². The molecule has 3 heteroatoms. The van der Waals surface area contributed by atoms with Gasteiger partial charge in [0, 0.05) is 11.8 Å². The third-order valence-electron chi connectivity index (χ3n) is 5.76. The molecule has 1 aliphatic rings. The van der Waals surface area contributed by atoms with Crippen LogP contribution < -0.4 is 5.56 Å². The quantitative estimate of drug-likeness (QED) is 0.638. The van der Waals surface area contributed by atoms with Crippen LogP contribution in [0.4, 0.5) is 0 Å². The molecule has 0 fully saturated rings. The van der Waals surface area contributed by atoms with Gasteiger partial charge in [0.1, 0.15) is 0 Å². The van der Waals surface area contributed by atoms with Crippen LogP contribution in [0.15, 0.2) is 53.3 Å². The van der Waals surface area contributed by atoms with Crippen LogP contribution in [-0.2, 0) is 12.8 Å². The smallest absolute Gasteiger partial charge is 0.267 e. The SMILES string of the molecule is CCC(C)n1nc(CC2=CCCc3cccc(C)c32)c2ccccc2c1=O. The van der Waals surface area contributed by atoms with Crippen molar-refractivity contribution < 1.29 is 0 Å². The van der Waals surface area contributed by atoms with E-state index in [1.54, 1.807) is 4.68 Å². The standard InChI is InChI=1S/C24H26N2O/c1-4-17(3)26-24(27)21-14-6-5-13-20(21)22(25-26)15-19-12-8-11-18-10-7-9-16(2)23(18)19/h5-7,9-10,12-14,17H,4,8,11,15H2,1-3H3. The lowest BCUT2D eigenvalue weighted by Crippen LogP contribution is -2.27. The molecule has 1 unspecified atom stereocenters. The number of benzene rings is 2. The number of hydrogen-bond donors (Lipinski definition) is 0. The highest BCUT2D eigenvalue weighted by Gasteiger charge is 2.19. The maximum atomic E-state index is 12.9. The summed E-state index contributed by atoms with van der Waals surface area (Å²) in [7, 11) is 0. The highest BCUT2D eigenvalue weighted by Crippen LogP contribution is 2.32. The van der Waals surface area contributed by atoms with Gasteiger partial charge in [0.15, 0.2) is 0 Å². The van der Waals surface area contributed by atoms with Gasteiger partial charge in [-0.2, -0.15) is 5.10 Å². The van der Waals surface area contributed by atoms with Gasteiger partial charge in [0.2, 0.25) is 0 Å². The average molecular weight is 358 g/mol. The van der Waals surface area contributed by atoms with Crippen molar-refractivity contribution in [3.63, 3.8) is 0 Å². The van der Waals surface area contributed by atoms with Crippen molar-refractivity contribution in [3.05, 3.63) is 81.3 Å². The molecule has 27 heavy (non-hydrogen) atoms. The van der Waals surface area contributed by atoms with Crippen molar-refractivity contribution in [3.8, 4) is 0 Å². The molecule has 1 heterocycles. The zero-order chi connectivity index (χ0) is 19.0. The lowest BCUT2D eigenvalue weighted by molar-refractivity contribution is 0.453. The number of aryl methyl sites for hydroxylation is 2. The molecule has 0 bridgehead atoms. The van der Waals surface area contributed by atoms with E-state index in [1.165, 1.54) is 22.3 Å². The summed E-state index contributed by atoms with van der Waals surface area (Å²) in [5, 5.41) is 6.57. The molecular formula is C24H26N2O. The Labute approximate surface area is 160 Å². The van der Waals surface area contributed by atoms with Crippen molar-refractivity contribution in [2.75, 3.05) is 0 Å². The van der Waals surface area contributed by atoms with E-state index in [0.717, 1.165) is 42.1 Å².